The fraction of sp³-hybridized carbons (Fsp3) is 0.556. The van der Waals surface area contributed by atoms with Crippen LogP contribution in [-0.2, 0) is 0 Å². The van der Waals surface area contributed by atoms with Crippen molar-refractivity contribution < 1.29 is 0 Å². The zero-order valence-corrected chi connectivity index (χ0v) is 10.6. The van der Waals surface area contributed by atoms with Gasteiger partial charge in [-0.2, -0.15) is 21.7 Å². The van der Waals surface area contributed by atoms with Crippen molar-refractivity contribution in [2.24, 2.45) is 5.84 Å². The first-order chi connectivity index (χ1) is 7.46. The van der Waals surface area contributed by atoms with Crippen LogP contribution in [0.25, 0.3) is 0 Å². The minimum absolute atomic E-state index is 0.135. The molecule has 90 valence electrons. The van der Waals surface area contributed by atoms with Crippen LogP contribution >= 0.6 is 11.8 Å². The van der Waals surface area contributed by atoms with Gasteiger partial charge >= 0.3 is 0 Å². The lowest BCUT2D eigenvalue weighted by atomic mass is 10.2. The summed E-state index contributed by atoms with van der Waals surface area (Å²) in [6, 6.07) is 1.72. The first kappa shape index (κ1) is 12.9. The number of nitrogens with one attached hydrogen (secondary N) is 2. The fourth-order valence-electron chi connectivity index (χ4n) is 1.01. The normalized spacial score (nSPS) is 11.2. The predicted molar refractivity (Wildman–Crippen MR) is 70.3 cm³/mol. The van der Waals surface area contributed by atoms with Gasteiger partial charge in [-0.25, -0.2) is 5.84 Å². The van der Waals surface area contributed by atoms with Crippen molar-refractivity contribution in [2.75, 3.05) is 29.3 Å². The molecule has 0 radical (unpaired) electrons. The molecule has 6 N–H and O–H groups in total. The molecule has 0 amide bonds. The summed E-state index contributed by atoms with van der Waals surface area (Å²) in [5, 5.41) is 3.20. The first-order valence-electron chi connectivity index (χ1n) is 4.87. The van der Waals surface area contributed by atoms with Crippen molar-refractivity contribution >= 4 is 29.3 Å². The largest absolute Gasteiger partial charge is 0.368 e. The third-order valence-electron chi connectivity index (χ3n) is 2.14. The predicted octanol–water partition coefficient (Wildman–Crippen LogP) is 0.898. The quantitative estimate of drug-likeness (QED) is 0.449. The van der Waals surface area contributed by atoms with Crippen LogP contribution in [0.4, 0.5) is 17.6 Å². The molecule has 0 bridgehead atoms. The van der Waals surface area contributed by atoms with E-state index in [1.165, 1.54) is 0 Å². The highest BCUT2D eigenvalue weighted by molar-refractivity contribution is 7.99. The molecule has 6 nitrogen and oxygen atoms in total. The maximum absolute atomic E-state index is 5.54. The molecule has 0 spiro atoms. The Morgan fingerprint density at radius 1 is 1.38 bits per heavy atom. The second kappa shape index (κ2) is 5.22. The Bertz CT molecular complexity index is 354. The molecular formula is C9H18N6S. The summed E-state index contributed by atoms with van der Waals surface area (Å²) in [5.41, 5.74) is 7.99. The lowest BCUT2D eigenvalue weighted by Gasteiger charge is -2.22. The third kappa shape index (κ3) is 3.74. The Labute approximate surface area is 99.6 Å². The van der Waals surface area contributed by atoms with Gasteiger partial charge in [0.15, 0.2) is 0 Å². The molecule has 1 rings (SSSR count). The Kier molecular flexibility index (Phi) is 4.19. The second-order valence-electron chi connectivity index (χ2n) is 3.96. The number of nitrogens with zero attached hydrogens (tertiary/aromatic N) is 2. The van der Waals surface area contributed by atoms with Crippen molar-refractivity contribution in [3.05, 3.63) is 6.07 Å². The summed E-state index contributed by atoms with van der Waals surface area (Å²) in [7, 11) is 0. The molecule has 7 heteroatoms. The molecule has 0 aliphatic heterocycles. The maximum atomic E-state index is 5.54. The zero-order valence-electron chi connectivity index (χ0n) is 9.74. The minimum Gasteiger partial charge on any atom is -0.368 e. The second-order valence-corrected chi connectivity index (χ2v) is 5.47. The summed E-state index contributed by atoms with van der Waals surface area (Å²) >= 11 is 1.78. The number of hydrogen-bond acceptors (Lipinski definition) is 7. The van der Waals surface area contributed by atoms with Crippen molar-refractivity contribution in [3.63, 3.8) is 0 Å². The van der Waals surface area contributed by atoms with Gasteiger partial charge in [-0.05, 0) is 20.1 Å². The number of thioether (sulfide) groups is 1. The highest BCUT2D eigenvalue weighted by atomic mass is 32.2. The van der Waals surface area contributed by atoms with Gasteiger partial charge in [0.25, 0.3) is 0 Å². The van der Waals surface area contributed by atoms with E-state index in [1.54, 1.807) is 17.8 Å². The summed E-state index contributed by atoms with van der Waals surface area (Å²) in [5.74, 6) is 6.63. The minimum atomic E-state index is 0.135. The highest BCUT2D eigenvalue weighted by Crippen LogP contribution is 2.21. The van der Waals surface area contributed by atoms with Gasteiger partial charge in [-0.1, -0.05) is 0 Å². The van der Waals surface area contributed by atoms with Gasteiger partial charge in [-0.3, -0.25) is 0 Å². The Hall–Kier alpha value is -1.21. The molecule has 1 heterocycles. The smallest absolute Gasteiger partial charge is 0.223 e. The number of rotatable bonds is 5. The molecular weight excluding hydrogens is 224 g/mol. The van der Waals surface area contributed by atoms with Crippen molar-refractivity contribution in [1.29, 1.82) is 0 Å². The number of nitrogens with two attached hydrogens (primary N) is 2. The molecule has 16 heavy (non-hydrogen) atoms. The number of hydrogen-bond donors (Lipinski definition) is 4. The summed E-state index contributed by atoms with van der Waals surface area (Å²) < 4.78 is 0.135. The van der Waals surface area contributed by atoms with Gasteiger partial charge in [-0.15, -0.1) is 0 Å². The van der Waals surface area contributed by atoms with Crippen LogP contribution in [-0.4, -0.2) is 27.5 Å². The standard InChI is InChI=1S/C9H18N6S/c1-9(2,16-3)5-12-6-4-7(15-11)14-8(10)13-6/h4H,5,11H2,1-3H3,(H4,10,12,13,14,15). The summed E-state index contributed by atoms with van der Waals surface area (Å²) in [6.07, 6.45) is 2.07. The van der Waals surface area contributed by atoms with Crippen molar-refractivity contribution in [1.82, 2.24) is 9.97 Å². The van der Waals surface area contributed by atoms with E-state index in [4.69, 9.17) is 11.6 Å². The van der Waals surface area contributed by atoms with E-state index in [0.29, 0.717) is 11.6 Å². The molecule has 0 saturated heterocycles. The molecule has 0 aliphatic rings. The molecule has 0 unspecified atom stereocenters. The van der Waals surface area contributed by atoms with E-state index < -0.39 is 0 Å². The monoisotopic (exact) mass is 242 g/mol. The Morgan fingerprint density at radius 2 is 2.00 bits per heavy atom. The van der Waals surface area contributed by atoms with Crippen LogP contribution in [0.2, 0.25) is 0 Å². The highest BCUT2D eigenvalue weighted by Gasteiger charge is 2.15. The average molecular weight is 242 g/mol. The molecule has 1 aromatic rings. The van der Waals surface area contributed by atoms with Crippen molar-refractivity contribution in [3.8, 4) is 0 Å². The average Bonchev–Trinajstić information content (AvgIpc) is 2.26. The number of anilines is 3. The van der Waals surface area contributed by atoms with Crippen LogP contribution in [0.15, 0.2) is 6.07 Å². The van der Waals surface area contributed by atoms with E-state index in [0.717, 1.165) is 6.54 Å². The van der Waals surface area contributed by atoms with E-state index in [-0.39, 0.29) is 10.7 Å². The van der Waals surface area contributed by atoms with Crippen LogP contribution < -0.4 is 22.3 Å². The number of nitrogen functional groups attached to an aromatic ring is 2. The molecule has 0 fully saturated rings. The van der Waals surface area contributed by atoms with Gasteiger partial charge < -0.3 is 16.5 Å². The fourth-order valence-corrected chi connectivity index (χ4v) is 1.22. The molecule has 0 saturated carbocycles. The van der Waals surface area contributed by atoms with Crippen LogP contribution in [0.1, 0.15) is 13.8 Å². The Balaban J connectivity index is 2.70. The number of aromatic nitrogens is 2. The summed E-state index contributed by atoms with van der Waals surface area (Å²) in [4.78, 5) is 7.97. The van der Waals surface area contributed by atoms with Gasteiger partial charge in [0.05, 0.1) is 0 Å². The zero-order chi connectivity index (χ0) is 12.2. The SMILES string of the molecule is CSC(C)(C)CNc1cc(NN)nc(N)n1. The van der Waals surface area contributed by atoms with Crippen LogP contribution in [0.5, 0.6) is 0 Å². The topological polar surface area (TPSA) is 102 Å². The van der Waals surface area contributed by atoms with Gasteiger partial charge in [0.1, 0.15) is 11.6 Å². The van der Waals surface area contributed by atoms with Gasteiger partial charge in [0, 0.05) is 17.4 Å². The number of hydrazine groups is 1. The molecule has 0 aromatic carbocycles. The van der Waals surface area contributed by atoms with Crippen LogP contribution in [0, 0.1) is 0 Å². The van der Waals surface area contributed by atoms with Crippen LogP contribution in [0.3, 0.4) is 0 Å². The molecule has 0 aliphatic carbocycles. The van der Waals surface area contributed by atoms with E-state index in [1.807, 2.05) is 0 Å². The lowest BCUT2D eigenvalue weighted by Crippen LogP contribution is -2.26. The molecule has 1 aromatic heterocycles. The van der Waals surface area contributed by atoms with E-state index in [9.17, 15) is 0 Å². The van der Waals surface area contributed by atoms with Gasteiger partial charge in [0.2, 0.25) is 5.95 Å². The summed E-state index contributed by atoms with van der Waals surface area (Å²) in [6.45, 7) is 5.09. The van der Waals surface area contributed by atoms with E-state index >= 15 is 0 Å². The molecule has 0 atom stereocenters. The van der Waals surface area contributed by atoms with E-state index in [2.05, 4.69) is 40.8 Å². The Morgan fingerprint density at radius 3 is 2.56 bits per heavy atom. The lowest BCUT2D eigenvalue weighted by molar-refractivity contribution is 0.750. The van der Waals surface area contributed by atoms with Crippen molar-refractivity contribution in [2.45, 2.75) is 18.6 Å². The maximum Gasteiger partial charge on any atom is 0.223 e. The first-order valence-corrected chi connectivity index (χ1v) is 6.09. The third-order valence-corrected chi connectivity index (χ3v) is 3.39.